The molecule has 3 aromatic rings. The fourth-order valence-electron chi connectivity index (χ4n) is 2.07. The molecule has 0 fully saturated rings. The number of pyridine rings is 1. The van der Waals surface area contributed by atoms with Crippen LogP contribution >= 0.6 is 0 Å². The third-order valence-electron chi connectivity index (χ3n) is 3.03. The first-order valence-electron chi connectivity index (χ1n) is 5.89. The molecule has 0 bridgehead atoms. The number of rotatable bonds is 2. The minimum absolute atomic E-state index is 0.206. The molecule has 0 spiro atoms. The summed E-state index contributed by atoms with van der Waals surface area (Å²) in [6, 6.07) is 10.7. The Balaban J connectivity index is 1.99. The van der Waals surface area contributed by atoms with Crippen molar-refractivity contribution in [2.75, 3.05) is 0 Å². The van der Waals surface area contributed by atoms with Gasteiger partial charge in [-0.05, 0) is 36.2 Å². The van der Waals surface area contributed by atoms with Crippen LogP contribution in [0.3, 0.4) is 0 Å². The van der Waals surface area contributed by atoms with Crippen LogP contribution in [0.4, 0.5) is 4.39 Å². The second-order valence-corrected chi connectivity index (χ2v) is 4.48. The first kappa shape index (κ1) is 11.0. The minimum Gasteiger partial charge on any atom is -0.303 e. The summed E-state index contributed by atoms with van der Waals surface area (Å²) in [4.78, 5) is 4.42. The Morgan fingerprint density at radius 1 is 1.11 bits per heavy atom. The summed E-state index contributed by atoms with van der Waals surface area (Å²) in [5, 5.41) is 0. The lowest BCUT2D eigenvalue weighted by atomic mass is 10.1. The lowest BCUT2D eigenvalue weighted by molar-refractivity contribution is 0.627. The molecule has 90 valence electrons. The second kappa shape index (κ2) is 4.26. The van der Waals surface area contributed by atoms with E-state index in [1.165, 1.54) is 17.7 Å². The van der Waals surface area contributed by atoms with E-state index < -0.39 is 0 Å². The maximum Gasteiger partial charge on any atom is 0.123 e. The largest absolute Gasteiger partial charge is 0.303 e. The van der Waals surface area contributed by atoms with Crippen LogP contribution in [0.15, 0.2) is 48.8 Å². The molecule has 0 radical (unpaired) electrons. The highest BCUT2D eigenvalue weighted by Gasteiger charge is 2.04. The van der Waals surface area contributed by atoms with E-state index in [1.807, 2.05) is 6.20 Å². The predicted octanol–water partition coefficient (Wildman–Crippen LogP) is 3.37. The quantitative estimate of drug-likeness (QED) is 0.671. The Morgan fingerprint density at radius 2 is 1.89 bits per heavy atom. The van der Waals surface area contributed by atoms with Crippen molar-refractivity contribution in [1.82, 2.24) is 9.38 Å². The number of hydrogen-bond acceptors (Lipinski definition) is 1. The first-order chi connectivity index (χ1) is 8.72. The predicted molar refractivity (Wildman–Crippen MR) is 69.1 cm³/mol. The van der Waals surface area contributed by atoms with Crippen LogP contribution in [0.5, 0.6) is 0 Å². The smallest absolute Gasteiger partial charge is 0.123 e. The van der Waals surface area contributed by atoms with E-state index in [0.29, 0.717) is 6.42 Å². The van der Waals surface area contributed by atoms with Gasteiger partial charge in [-0.15, -0.1) is 0 Å². The molecule has 0 saturated carbocycles. The number of fused-ring (bicyclic) bond motifs is 1. The highest BCUT2D eigenvalue weighted by molar-refractivity contribution is 5.47. The Bertz CT molecular complexity index is 683. The van der Waals surface area contributed by atoms with Crippen molar-refractivity contribution in [3.63, 3.8) is 0 Å². The Labute approximate surface area is 105 Å². The fourth-order valence-corrected chi connectivity index (χ4v) is 2.07. The van der Waals surface area contributed by atoms with Gasteiger partial charge >= 0.3 is 0 Å². The molecule has 2 heterocycles. The molecule has 0 saturated heterocycles. The molecule has 0 N–H and O–H groups in total. The van der Waals surface area contributed by atoms with Gasteiger partial charge in [-0.2, -0.15) is 0 Å². The average Bonchev–Trinajstić information content (AvgIpc) is 2.75. The molecule has 0 aliphatic heterocycles. The number of hydrogen-bond donors (Lipinski definition) is 0. The van der Waals surface area contributed by atoms with Crippen molar-refractivity contribution in [3.05, 3.63) is 71.6 Å². The van der Waals surface area contributed by atoms with Crippen molar-refractivity contribution < 1.29 is 4.39 Å². The van der Waals surface area contributed by atoms with Gasteiger partial charge in [0.2, 0.25) is 0 Å². The Morgan fingerprint density at radius 3 is 2.67 bits per heavy atom. The molecular weight excluding hydrogens is 227 g/mol. The standard InChI is InChI=1S/C15H13FN2/c1-11-2-7-14-9-17-15(18(14)10-11)8-12-3-5-13(16)6-4-12/h2-7,9-10H,8H2,1H3. The van der Waals surface area contributed by atoms with Gasteiger partial charge in [-0.3, -0.25) is 0 Å². The molecule has 2 aromatic heterocycles. The highest BCUT2D eigenvalue weighted by Crippen LogP contribution is 2.13. The van der Waals surface area contributed by atoms with Gasteiger partial charge in [0.05, 0.1) is 11.7 Å². The molecule has 0 aliphatic rings. The van der Waals surface area contributed by atoms with Gasteiger partial charge in [-0.1, -0.05) is 18.2 Å². The van der Waals surface area contributed by atoms with Crippen LogP contribution in [0, 0.1) is 12.7 Å². The number of imidazole rings is 1. The van der Waals surface area contributed by atoms with Crippen molar-refractivity contribution in [2.24, 2.45) is 0 Å². The minimum atomic E-state index is -0.206. The lowest BCUT2D eigenvalue weighted by Gasteiger charge is -2.03. The molecule has 18 heavy (non-hydrogen) atoms. The molecular formula is C15H13FN2. The van der Waals surface area contributed by atoms with Crippen molar-refractivity contribution in [1.29, 1.82) is 0 Å². The summed E-state index contributed by atoms with van der Waals surface area (Å²) in [6.45, 7) is 2.06. The average molecular weight is 240 g/mol. The molecule has 0 aliphatic carbocycles. The van der Waals surface area contributed by atoms with E-state index >= 15 is 0 Å². The number of halogens is 1. The first-order valence-corrected chi connectivity index (χ1v) is 5.89. The third kappa shape index (κ3) is 1.99. The normalized spacial score (nSPS) is 11.0. The van der Waals surface area contributed by atoms with Crippen LogP contribution in [0.2, 0.25) is 0 Å². The maximum absolute atomic E-state index is 12.9. The molecule has 0 amide bonds. The van der Waals surface area contributed by atoms with Crippen LogP contribution in [0.25, 0.3) is 5.52 Å². The summed E-state index contributed by atoms with van der Waals surface area (Å²) in [5.41, 5.74) is 3.34. The molecule has 2 nitrogen and oxygen atoms in total. The molecule has 3 heteroatoms. The lowest BCUT2D eigenvalue weighted by Crippen LogP contribution is -1.97. The van der Waals surface area contributed by atoms with Crippen LogP contribution in [0.1, 0.15) is 17.0 Å². The van der Waals surface area contributed by atoms with Crippen molar-refractivity contribution in [2.45, 2.75) is 13.3 Å². The van der Waals surface area contributed by atoms with Crippen LogP contribution in [-0.4, -0.2) is 9.38 Å². The van der Waals surface area contributed by atoms with Crippen LogP contribution in [-0.2, 0) is 6.42 Å². The van der Waals surface area contributed by atoms with Gasteiger partial charge in [0.15, 0.2) is 0 Å². The SMILES string of the molecule is Cc1ccc2cnc(Cc3ccc(F)cc3)n2c1. The highest BCUT2D eigenvalue weighted by atomic mass is 19.1. The summed E-state index contributed by atoms with van der Waals surface area (Å²) in [7, 11) is 0. The zero-order valence-electron chi connectivity index (χ0n) is 10.1. The van der Waals surface area contributed by atoms with Crippen molar-refractivity contribution >= 4 is 5.52 Å². The van der Waals surface area contributed by atoms with E-state index in [4.69, 9.17) is 0 Å². The van der Waals surface area contributed by atoms with Crippen LogP contribution < -0.4 is 0 Å². The van der Waals surface area contributed by atoms with E-state index in [-0.39, 0.29) is 5.82 Å². The Hall–Kier alpha value is -2.16. The molecule has 1 aromatic carbocycles. The molecule has 3 rings (SSSR count). The number of aryl methyl sites for hydroxylation is 1. The number of benzene rings is 1. The Kier molecular flexibility index (Phi) is 2.59. The summed E-state index contributed by atoms with van der Waals surface area (Å²) < 4.78 is 14.9. The second-order valence-electron chi connectivity index (χ2n) is 4.48. The van der Waals surface area contributed by atoms with E-state index in [0.717, 1.165) is 16.9 Å². The maximum atomic E-state index is 12.9. The van der Waals surface area contributed by atoms with Gasteiger partial charge in [-0.25, -0.2) is 9.37 Å². The monoisotopic (exact) mass is 240 g/mol. The van der Waals surface area contributed by atoms with E-state index in [2.05, 4.69) is 34.6 Å². The summed E-state index contributed by atoms with van der Waals surface area (Å²) >= 11 is 0. The van der Waals surface area contributed by atoms with E-state index in [9.17, 15) is 4.39 Å². The van der Waals surface area contributed by atoms with Gasteiger partial charge in [0.25, 0.3) is 0 Å². The molecule has 0 unspecified atom stereocenters. The number of aromatic nitrogens is 2. The zero-order valence-corrected chi connectivity index (χ0v) is 10.1. The van der Waals surface area contributed by atoms with Gasteiger partial charge in [0.1, 0.15) is 11.6 Å². The summed E-state index contributed by atoms with van der Waals surface area (Å²) in [5.74, 6) is 0.767. The number of nitrogens with zero attached hydrogens (tertiary/aromatic N) is 2. The fraction of sp³-hybridized carbons (Fsp3) is 0.133. The third-order valence-corrected chi connectivity index (χ3v) is 3.03. The van der Waals surface area contributed by atoms with Crippen molar-refractivity contribution in [3.8, 4) is 0 Å². The molecule has 0 atom stereocenters. The van der Waals surface area contributed by atoms with Gasteiger partial charge in [0, 0.05) is 12.6 Å². The van der Waals surface area contributed by atoms with Gasteiger partial charge < -0.3 is 4.40 Å². The topological polar surface area (TPSA) is 17.3 Å². The zero-order chi connectivity index (χ0) is 12.5. The summed E-state index contributed by atoms with van der Waals surface area (Å²) in [6.07, 6.45) is 4.64. The van der Waals surface area contributed by atoms with E-state index in [1.54, 1.807) is 12.1 Å².